The normalized spacial score (nSPS) is 30.6. The van der Waals surface area contributed by atoms with Crippen molar-refractivity contribution < 1.29 is 19.8 Å². The van der Waals surface area contributed by atoms with Gasteiger partial charge in [0.05, 0.1) is 6.10 Å². The predicted octanol–water partition coefficient (Wildman–Crippen LogP) is 0.311. The lowest BCUT2D eigenvalue weighted by molar-refractivity contribution is -0.141. The zero-order valence-corrected chi connectivity index (χ0v) is 11.8. The van der Waals surface area contributed by atoms with E-state index in [1.807, 2.05) is 0 Å². The average Bonchev–Trinajstić information content (AvgIpc) is 2.35. The van der Waals surface area contributed by atoms with Gasteiger partial charge in [-0.1, -0.05) is 0 Å². The number of amides is 2. The number of nitrogens with zero attached hydrogens (tertiary/aromatic N) is 2. The van der Waals surface area contributed by atoms with Crippen molar-refractivity contribution in [3.8, 4) is 0 Å². The highest BCUT2D eigenvalue weighted by atomic mass is 32.2. The maximum atomic E-state index is 12.3. The van der Waals surface area contributed by atoms with Gasteiger partial charge in [0.1, 0.15) is 6.04 Å². The molecule has 2 rings (SSSR count). The molecule has 0 spiro atoms. The van der Waals surface area contributed by atoms with Crippen LogP contribution in [0.4, 0.5) is 4.79 Å². The van der Waals surface area contributed by atoms with Crippen molar-refractivity contribution in [3.05, 3.63) is 0 Å². The Morgan fingerprint density at radius 2 is 2.11 bits per heavy atom. The van der Waals surface area contributed by atoms with Crippen molar-refractivity contribution in [2.45, 2.75) is 25.0 Å². The number of urea groups is 1. The maximum absolute atomic E-state index is 12.3. The largest absolute Gasteiger partial charge is 0.480 e. The zero-order chi connectivity index (χ0) is 14.0. The first-order chi connectivity index (χ1) is 8.99. The molecule has 1 saturated heterocycles. The Balaban J connectivity index is 1.90. The Hall–Kier alpha value is -0.950. The molecule has 1 aliphatic heterocycles. The van der Waals surface area contributed by atoms with Crippen LogP contribution in [-0.4, -0.2) is 75.8 Å². The van der Waals surface area contributed by atoms with E-state index in [0.29, 0.717) is 24.8 Å². The van der Waals surface area contributed by atoms with E-state index in [1.165, 1.54) is 4.90 Å². The van der Waals surface area contributed by atoms with Crippen LogP contribution in [0.3, 0.4) is 0 Å². The monoisotopic (exact) mass is 288 g/mol. The SMILES string of the molecule is CN(CC1CC(O)C1)C(=O)N1CCSCC1C(=O)O. The number of aliphatic hydroxyl groups excluding tert-OH is 1. The van der Waals surface area contributed by atoms with Gasteiger partial charge in [-0.15, -0.1) is 0 Å². The van der Waals surface area contributed by atoms with Crippen LogP contribution in [0, 0.1) is 5.92 Å². The number of hydrogen-bond acceptors (Lipinski definition) is 4. The van der Waals surface area contributed by atoms with Crippen molar-refractivity contribution in [2.75, 3.05) is 31.6 Å². The van der Waals surface area contributed by atoms with Gasteiger partial charge in [-0.05, 0) is 18.8 Å². The second-order valence-electron chi connectivity index (χ2n) is 5.28. The van der Waals surface area contributed by atoms with Gasteiger partial charge >= 0.3 is 12.0 Å². The van der Waals surface area contributed by atoms with Gasteiger partial charge in [0.25, 0.3) is 0 Å². The minimum Gasteiger partial charge on any atom is -0.480 e. The molecule has 0 aromatic heterocycles. The fourth-order valence-electron chi connectivity index (χ4n) is 2.57. The number of carboxylic acids is 1. The summed E-state index contributed by atoms with van der Waals surface area (Å²) in [5.74, 6) is 0.641. The van der Waals surface area contributed by atoms with Crippen molar-refractivity contribution in [3.63, 3.8) is 0 Å². The highest BCUT2D eigenvalue weighted by Crippen LogP contribution is 2.28. The molecule has 2 amide bonds. The summed E-state index contributed by atoms with van der Waals surface area (Å²) in [6, 6.07) is -0.935. The van der Waals surface area contributed by atoms with Crippen LogP contribution in [0.5, 0.6) is 0 Å². The van der Waals surface area contributed by atoms with Crippen molar-refractivity contribution in [2.24, 2.45) is 5.92 Å². The molecular formula is C12H20N2O4S. The van der Waals surface area contributed by atoms with E-state index in [4.69, 9.17) is 5.11 Å². The second-order valence-corrected chi connectivity index (χ2v) is 6.43. The topological polar surface area (TPSA) is 81.1 Å². The van der Waals surface area contributed by atoms with E-state index in [9.17, 15) is 14.7 Å². The van der Waals surface area contributed by atoms with E-state index < -0.39 is 12.0 Å². The van der Waals surface area contributed by atoms with Crippen LogP contribution in [-0.2, 0) is 4.79 Å². The van der Waals surface area contributed by atoms with E-state index >= 15 is 0 Å². The number of aliphatic hydroxyl groups is 1. The fourth-order valence-corrected chi connectivity index (χ4v) is 3.61. The number of thioether (sulfide) groups is 1. The molecule has 0 bridgehead atoms. The van der Waals surface area contributed by atoms with Crippen LogP contribution < -0.4 is 0 Å². The van der Waals surface area contributed by atoms with Crippen LogP contribution in [0.15, 0.2) is 0 Å². The number of rotatable bonds is 3. The molecule has 1 atom stereocenters. The average molecular weight is 288 g/mol. The Morgan fingerprint density at radius 1 is 1.42 bits per heavy atom. The third-order valence-corrected chi connectivity index (χ3v) is 4.75. The predicted molar refractivity (Wildman–Crippen MR) is 72.2 cm³/mol. The summed E-state index contributed by atoms with van der Waals surface area (Å²) in [7, 11) is 1.70. The molecule has 19 heavy (non-hydrogen) atoms. The van der Waals surface area contributed by atoms with Crippen molar-refractivity contribution in [1.82, 2.24) is 9.80 Å². The minimum atomic E-state index is -0.937. The Labute approximate surface area is 116 Å². The standard InChI is InChI=1S/C12H20N2O4S/c1-13(6-8-4-9(15)5-8)12(18)14-2-3-19-7-10(14)11(16)17/h8-10,15H,2-7H2,1H3,(H,16,17). The smallest absolute Gasteiger partial charge is 0.327 e. The van der Waals surface area contributed by atoms with Crippen LogP contribution in [0.1, 0.15) is 12.8 Å². The molecule has 2 N–H and O–H groups in total. The summed E-state index contributed by atoms with van der Waals surface area (Å²) in [6.45, 7) is 1.07. The summed E-state index contributed by atoms with van der Waals surface area (Å²) in [5, 5.41) is 18.4. The number of aliphatic carboxylic acids is 1. The van der Waals surface area contributed by atoms with Gasteiger partial charge in [-0.25, -0.2) is 9.59 Å². The van der Waals surface area contributed by atoms with Gasteiger partial charge in [0.2, 0.25) is 0 Å². The molecule has 7 heteroatoms. The maximum Gasteiger partial charge on any atom is 0.327 e. The van der Waals surface area contributed by atoms with E-state index in [0.717, 1.165) is 18.6 Å². The van der Waals surface area contributed by atoms with E-state index in [-0.39, 0.29) is 12.1 Å². The Morgan fingerprint density at radius 3 is 2.68 bits per heavy atom. The van der Waals surface area contributed by atoms with Crippen LogP contribution >= 0.6 is 11.8 Å². The third kappa shape index (κ3) is 3.33. The number of carboxylic acid groups (broad SMARTS) is 1. The number of carbonyl (C=O) groups is 2. The summed E-state index contributed by atoms with van der Waals surface area (Å²) in [4.78, 5) is 26.5. The molecule has 1 heterocycles. The second kappa shape index (κ2) is 6.00. The summed E-state index contributed by atoms with van der Waals surface area (Å²) < 4.78 is 0. The lowest BCUT2D eigenvalue weighted by atomic mass is 9.82. The molecule has 1 unspecified atom stereocenters. The molecule has 0 aromatic carbocycles. The lowest BCUT2D eigenvalue weighted by Crippen LogP contribution is -2.55. The molecule has 2 aliphatic rings. The van der Waals surface area contributed by atoms with Gasteiger partial charge in [-0.3, -0.25) is 0 Å². The molecule has 6 nitrogen and oxygen atoms in total. The van der Waals surface area contributed by atoms with Crippen LogP contribution in [0.25, 0.3) is 0 Å². The van der Waals surface area contributed by atoms with Gasteiger partial charge < -0.3 is 20.0 Å². The lowest BCUT2D eigenvalue weighted by Gasteiger charge is -2.39. The Kier molecular flexibility index (Phi) is 4.57. The molecule has 1 aliphatic carbocycles. The Bertz CT molecular complexity index is 360. The highest BCUT2D eigenvalue weighted by molar-refractivity contribution is 7.99. The minimum absolute atomic E-state index is 0.214. The molecule has 108 valence electrons. The first-order valence-electron chi connectivity index (χ1n) is 6.49. The molecule has 0 radical (unpaired) electrons. The number of carbonyl (C=O) groups excluding carboxylic acids is 1. The summed E-state index contributed by atoms with van der Waals surface area (Å²) in [5.41, 5.74) is 0. The van der Waals surface area contributed by atoms with E-state index in [1.54, 1.807) is 23.7 Å². The fraction of sp³-hybridized carbons (Fsp3) is 0.833. The third-order valence-electron chi connectivity index (χ3n) is 3.73. The number of hydrogen-bond donors (Lipinski definition) is 2. The summed E-state index contributed by atoms with van der Waals surface area (Å²) in [6.07, 6.45) is 1.23. The first-order valence-corrected chi connectivity index (χ1v) is 7.65. The quantitative estimate of drug-likeness (QED) is 0.781. The van der Waals surface area contributed by atoms with E-state index in [2.05, 4.69) is 0 Å². The van der Waals surface area contributed by atoms with Crippen molar-refractivity contribution >= 4 is 23.8 Å². The molecular weight excluding hydrogens is 268 g/mol. The molecule has 0 aromatic rings. The summed E-state index contributed by atoms with van der Waals surface area (Å²) >= 11 is 1.57. The van der Waals surface area contributed by atoms with Crippen molar-refractivity contribution in [1.29, 1.82) is 0 Å². The molecule has 1 saturated carbocycles. The molecule has 2 fully saturated rings. The first kappa shape index (κ1) is 14.5. The zero-order valence-electron chi connectivity index (χ0n) is 11.0. The van der Waals surface area contributed by atoms with Gasteiger partial charge in [-0.2, -0.15) is 11.8 Å². The highest BCUT2D eigenvalue weighted by Gasteiger charge is 2.35. The van der Waals surface area contributed by atoms with Crippen LogP contribution in [0.2, 0.25) is 0 Å². The van der Waals surface area contributed by atoms with Gasteiger partial charge in [0.15, 0.2) is 0 Å². The van der Waals surface area contributed by atoms with Gasteiger partial charge in [0, 0.05) is 31.6 Å².